The van der Waals surface area contributed by atoms with Crippen LogP contribution in [0.15, 0.2) is 57.9 Å². The molecule has 8 heteroatoms. The Morgan fingerprint density at radius 3 is 2.40 bits per heavy atom. The predicted octanol–water partition coefficient (Wildman–Crippen LogP) is 3.02. The maximum atomic E-state index is 13.0. The van der Waals surface area contributed by atoms with Gasteiger partial charge in [-0.15, -0.1) is 0 Å². The standard InChI is InChI=1S/C22H35N5O2S/c1-18(23)22(19(2)24-3)26(4)30(28,29)21-12-10-20(11-13-21)9-7-5-6-8-15-27-16-14-25-17-27/h10-14,16,25H,5-9,15,17,23H2,1-4H3. The average Bonchev–Trinajstić information content (AvgIpc) is 3.24. The second kappa shape index (κ2) is 11.1. The minimum absolute atomic E-state index is 0.253. The molecular formula is C22H35N5O2S. The van der Waals surface area contributed by atoms with Crippen LogP contribution in [0.1, 0.15) is 45.1 Å². The Kier molecular flexibility index (Phi) is 8.77. The fraction of sp³-hybridized carbons (Fsp3) is 0.500. The third kappa shape index (κ3) is 6.26. The number of hydrogen-bond acceptors (Lipinski definition) is 6. The minimum Gasteiger partial charge on any atom is -0.401 e. The Labute approximate surface area is 181 Å². The SMILES string of the molecule is CN=C(C)C(=C(C)N)N(C)S(=O)(=O)c1ccc(CCCCCCN2C=CNC2)cc1. The third-order valence-corrected chi connectivity index (χ3v) is 7.08. The van der Waals surface area contributed by atoms with Gasteiger partial charge >= 0.3 is 0 Å². The van der Waals surface area contributed by atoms with Crippen molar-refractivity contribution in [2.75, 3.05) is 27.3 Å². The highest BCUT2D eigenvalue weighted by Crippen LogP contribution is 2.21. The lowest BCUT2D eigenvalue weighted by Crippen LogP contribution is -2.31. The van der Waals surface area contributed by atoms with Gasteiger partial charge in [0.25, 0.3) is 10.0 Å². The van der Waals surface area contributed by atoms with Crippen molar-refractivity contribution in [2.24, 2.45) is 10.7 Å². The second-order valence-corrected chi connectivity index (χ2v) is 9.58. The molecule has 1 heterocycles. The molecular weight excluding hydrogens is 398 g/mol. The Bertz CT molecular complexity index is 885. The van der Waals surface area contributed by atoms with Crippen molar-refractivity contribution in [3.63, 3.8) is 0 Å². The smallest absolute Gasteiger partial charge is 0.264 e. The molecule has 0 radical (unpaired) electrons. The minimum atomic E-state index is -3.70. The summed E-state index contributed by atoms with van der Waals surface area (Å²) in [5.74, 6) is 0. The molecule has 0 aliphatic carbocycles. The highest BCUT2D eigenvalue weighted by atomic mass is 32.2. The first-order chi connectivity index (χ1) is 14.3. The van der Waals surface area contributed by atoms with E-state index in [1.807, 2.05) is 18.3 Å². The van der Waals surface area contributed by atoms with E-state index in [9.17, 15) is 8.42 Å². The molecule has 0 spiro atoms. The van der Waals surface area contributed by atoms with Crippen molar-refractivity contribution >= 4 is 15.7 Å². The molecule has 1 aliphatic heterocycles. The van der Waals surface area contributed by atoms with Gasteiger partial charge in [0.1, 0.15) is 0 Å². The van der Waals surface area contributed by atoms with Crippen LogP contribution < -0.4 is 11.1 Å². The lowest BCUT2D eigenvalue weighted by atomic mass is 10.1. The second-order valence-electron chi connectivity index (χ2n) is 7.61. The van der Waals surface area contributed by atoms with Crippen LogP contribution >= 0.6 is 0 Å². The predicted molar refractivity (Wildman–Crippen MR) is 123 cm³/mol. The highest BCUT2D eigenvalue weighted by Gasteiger charge is 2.25. The highest BCUT2D eigenvalue weighted by molar-refractivity contribution is 7.89. The van der Waals surface area contributed by atoms with E-state index in [1.165, 1.54) is 30.6 Å². The van der Waals surface area contributed by atoms with E-state index in [4.69, 9.17) is 5.73 Å². The molecule has 1 aromatic carbocycles. The lowest BCUT2D eigenvalue weighted by molar-refractivity contribution is 0.376. The van der Waals surface area contributed by atoms with Gasteiger partial charge in [-0.25, -0.2) is 8.42 Å². The molecule has 0 fully saturated rings. The number of rotatable bonds is 11. The summed E-state index contributed by atoms with van der Waals surface area (Å²) in [4.78, 5) is 6.62. The quantitative estimate of drug-likeness (QED) is 0.413. The number of hydrogen-bond donors (Lipinski definition) is 2. The zero-order chi connectivity index (χ0) is 22.1. The lowest BCUT2D eigenvalue weighted by Gasteiger charge is -2.23. The summed E-state index contributed by atoms with van der Waals surface area (Å²) in [7, 11) is -0.566. The molecule has 0 bridgehead atoms. The van der Waals surface area contributed by atoms with Gasteiger partial charge < -0.3 is 16.0 Å². The number of nitrogens with one attached hydrogen (secondary N) is 1. The first-order valence-corrected chi connectivity index (χ1v) is 11.8. The maximum absolute atomic E-state index is 13.0. The summed E-state index contributed by atoms with van der Waals surface area (Å²) in [5, 5.41) is 3.17. The van der Waals surface area contributed by atoms with Crippen molar-refractivity contribution in [3.05, 3.63) is 53.6 Å². The number of sulfonamides is 1. The zero-order valence-corrected chi connectivity index (χ0v) is 19.4. The normalized spacial score (nSPS) is 15.2. The zero-order valence-electron chi connectivity index (χ0n) is 18.6. The van der Waals surface area contributed by atoms with E-state index in [0.717, 1.165) is 31.6 Å². The summed E-state index contributed by atoms with van der Waals surface area (Å²) in [5.41, 5.74) is 8.49. The number of aliphatic imine (C=N–C) groups is 1. The van der Waals surface area contributed by atoms with Crippen LogP contribution in [0, 0.1) is 0 Å². The molecule has 2 rings (SSSR count). The number of nitrogens with two attached hydrogens (primary N) is 1. The van der Waals surface area contributed by atoms with Crippen LogP contribution in [-0.4, -0.2) is 50.6 Å². The van der Waals surface area contributed by atoms with E-state index in [-0.39, 0.29) is 4.90 Å². The van der Waals surface area contributed by atoms with Crippen LogP contribution in [0.2, 0.25) is 0 Å². The fourth-order valence-corrected chi connectivity index (χ4v) is 4.82. The fourth-order valence-electron chi connectivity index (χ4n) is 3.51. The van der Waals surface area contributed by atoms with Gasteiger partial charge in [0.15, 0.2) is 0 Å². The van der Waals surface area contributed by atoms with Gasteiger partial charge in [-0.1, -0.05) is 25.0 Å². The van der Waals surface area contributed by atoms with Crippen molar-refractivity contribution in [2.45, 2.75) is 50.8 Å². The van der Waals surface area contributed by atoms with Crippen molar-refractivity contribution in [1.29, 1.82) is 0 Å². The largest absolute Gasteiger partial charge is 0.401 e. The van der Waals surface area contributed by atoms with E-state index in [1.54, 1.807) is 33.0 Å². The monoisotopic (exact) mass is 433 g/mol. The number of nitrogens with zero attached hydrogens (tertiary/aromatic N) is 3. The van der Waals surface area contributed by atoms with Gasteiger partial charge in [-0.3, -0.25) is 9.30 Å². The van der Waals surface area contributed by atoms with Crippen LogP contribution in [-0.2, 0) is 16.4 Å². The van der Waals surface area contributed by atoms with Crippen LogP contribution in [0.3, 0.4) is 0 Å². The van der Waals surface area contributed by atoms with Crippen molar-refractivity contribution in [1.82, 2.24) is 14.5 Å². The Balaban J connectivity index is 1.89. The number of aryl methyl sites for hydroxylation is 1. The molecule has 0 amide bonds. The number of unbranched alkanes of at least 4 members (excludes halogenated alkanes) is 3. The molecule has 30 heavy (non-hydrogen) atoms. The third-order valence-electron chi connectivity index (χ3n) is 5.31. The van der Waals surface area contributed by atoms with Crippen LogP contribution in [0.5, 0.6) is 0 Å². The maximum Gasteiger partial charge on any atom is 0.264 e. The topological polar surface area (TPSA) is 91.0 Å². The summed E-state index contributed by atoms with van der Waals surface area (Å²) < 4.78 is 27.3. The first-order valence-electron chi connectivity index (χ1n) is 10.4. The Hall–Kier alpha value is -2.48. The summed E-state index contributed by atoms with van der Waals surface area (Å²) >= 11 is 0. The molecule has 0 aromatic heterocycles. The van der Waals surface area contributed by atoms with Gasteiger partial charge in [-0.05, 0) is 50.8 Å². The van der Waals surface area contributed by atoms with Crippen molar-refractivity contribution < 1.29 is 8.42 Å². The van der Waals surface area contributed by atoms with Gasteiger partial charge in [0.2, 0.25) is 0 Å². The number of allylic oxidation sites excluding steroid dienone is 2. The van der Waals surface area contributed by atoms with E-state index < -0.39 is 10.0 Å². The molecule has 3 N–H and O–H groups in total. The molecule has 7 nitrogen and oxygen atoms in total. The summed E-state index contributed by atoms with van der Waals surface area (Å²) in [6.45, 7) is 5.43. The Morgan fingerprint density at radius 2 is 1.83 bits per heavy atom. The van der Waals surface area contributed by atoms with Crippen LogP contribution in [0.4, 0.5) is 0 Å². The molecule has 0 saturated heterocycles. The average molecular weight is 434 g/mol. The summed E-state index contributed by atoms with van der Waals surface area (Å²) in [6, 6.07) is 7.16. The van der Waals surface area contributed by atoms with Crippen LogP contribution in [0.25, 0.3) is 0 Å². The number of benzene rings is 1. The van der Waals surface area contributed by atoms with E-state index in [2.05, 4.69) is 21.4 Å². The van der Waals surface area contributed by atoms with Gasteiger partial charge in [-0.2, -0.15) is 0 Å². The Morgan fingerprint density at radius 1 is 1.17 bits per heavy atom. The van der Waals surface area contributed by atoms with Gasteiger partial charge in [0.05, 0.1) is 23.0 Å². The molecule has 166 valence electrons. The molecule has 0 atom stereocenters. The first kappa shape index (κ1) is 23.8. The molecule has 0 unspecified atom stereocenters. The molecule has 1 aromatic rings. The van der Waals surface area contributed by atoms with Gasteiger partial charge in [0, 0.05) is 38.7 Å². The van der Waals surface area contributed by atoms with Crippen molar-refractivity contribution in [3.8, 4) is 0 Å². The summed E-state index contributed by atoms with van der Waals surface area (Å²) in [6.07, 6.45) is 9.69. The molecule has 0 saturated carbocycles. The van der Waals surface area contributed by atoms with E-state index in [0.29, 0.717) is 17.1 Å². The molecule has 1 aliphatic rings. The van der Waals surface area contributed by atoms with E-state index >= 15 is 0 Å².